The van der Waals surface area contributed by atoms with Gasteiger partial charge in [-0.25, -0.2) is 0 Å². The minimum absolute atomic E-state index is 0.0360. The fourth-order valence-corrected chi connectivity index (χ4v) is 5.96. The second-order valence-corrected chi connectivity index (χ2v) is 11.6. The van der Waals surface area contributed by atoms with Gasteiger partial charge in [-0.3, -0.25) is 14.4 Å². The van der Waals surface area contributed by atoms with E-state index in [-0.39, 0.29) is 63.1 Å². The highest BCUT2D eigenvalue weighted by atomic mass is 35.5. The molecule has 0 spiro atoms. The van der Waals surface area contributed by atoms with Gasteiger partial charge in [-0.05, 0) is 66.6 Å². The van der Waals surface area contributed by atoms with Crippen molar-refractivity contribution in [1.82, 2.24) is 4.90 Å². The summed E-state index contributed by atoms with van der Waals surface area (Å²) in [6.45, 7) is -0.116. The van der Waals surface area contributed by atoms with Gasteiger partial charge < -0.3 is 24.6 Å². The molecular formula is C30H32Cl2F3NO7. The van der Waals surface area contributed by atoms with Gasteiger partial charge in [-0.1, -0.05) is 35.3 Å². The van der Waals surface area contributed by atoms with Gasteiger partial charge >= 0.3 is 18.1 Å². The van der Waals surface area contributed by atoms with Crippen molar-refractivity contribution in [3.63, 3.8) is 0 Å². The fraction of sp³-hybridized carbons (Fsp3) is 0.500. The average molecular weight is 646 g/mol. The Bertz CT molecular complexity index is 1290. The number of esters is 2. The molecule has 5 rings (SSSR count). The molecule has 0 aliphatic carbocycles. The molecule has 13 heteroatoms. The number of halogens is 5. The van der Waals surface area contributed by atoms with E-state index in [1.54, 1.807) is 36.4 Å². The maximum atomic E-state index is 12.9. The summed E-state index contributed by atoms with van der Waals surface area (Å²) in [6, 6.07) is 10.2. The highest BCUT2D eigenvalue weighted by Gasteiger charge is 2.41. The summed E-state index contributed by atoms with van der Waals surface area (Å²) in [5.41, 5.74) is 2.49. The molecule has 3 fully saturated rings. The van der Waals surface area contributed by atoms with Gasteiger partial charge in [0.2, 0.25) is 0 Å². The summed E-state index contributed by atoms with van der Waals surface area (Å²) in [4.78, 5) is 36.5. The van der Waals surface area contributed by atoms with E-state index >= 15 is 0 Å². The summed E-state index contributed by atoms with van der Waals surface area (Å²) in [7, 11) is 0. The van der Waals surface area contributed by atoms with Crippen LogP contribution in [0.2, 0.25) is 10.0 Å². The van der Waals surface area contributed by atoms with Crippen molar-refractivity contribution in [2.45, 2.75) is 56.9 Å². The number of aliphatic hydroxyl groups excluding tert-OH is 2. The van der Waals surface area contributed by atoms with Crippen molar-refractivity contribution in [2.75, 3.05) is 26.3 Å². The molecular weight excluding hydrogens is 614 g/mol. The number of hydrogen-bond donors (Lipinski definition) is 2. The van der Waals surface area contributed by atoms with Crippen molar-refractivity contribution in [3.05, 3.63) is 57.6 Å². The smallest absolute Gasteiger partial charge is 0.391 e. The quantitative estimate of drug-likeness (QED) is 0.414. The van der Waals surface area contributed by atoms with Crippen LogP contribution in [0.15, 0.2) is 36.4 Å². The molecule has 3 saturated heterocycles. The van der Waals surface area contributed by atoms with Gasteiger partial charge in [0.05, 0.1) is 25.0 Å². The molecule has 0 aromatic heterocycles. The highest BCUT2D eigenvalue weighted by molar-refractivity contribution is 6.36. The number of benzene rings is 2. The van der Waals surface area contributed by atoms with Crippen LogP contribution in [0.1, 0.15) is 48.0 Å². The molecule has 0 bridgehead atoms. The monoisotopic (exact) mass is 645 g/mol. The van der Waals surface area contributed by atoms with Gasteiger partial charge in [0.25, 0.3) is 5.91 Å². The largest absolute Gasteiger partial charge is 0.460 e. The minimum atomic E-state index is -4.23. The van der Waals surface area contributed by atoms with E-state index in [1.165, 1.54) is 4.90 Å². The van der Waals surface area contributed by atoms with Gasteiger partial charge in [0, 0.05) is 41.5 Å². The molecule has 3 aliphatic heterocycles. The lowest BCUT2D eigenvalue weighted by Crippen LogP contribution is -2.42. The Labute approximate surface area is 256 Å². The van der Waals surface area contributed by atoms with Crippen LogP contribution in [0.4, 0.5) is 13.2 Å². The maximum Gasteiger partial charge on any atom is 0.391 e. The Balaban J connectivity index is 0.000000458. The third-order valence-corrected chi connectivity index (χ3v) is 8.52. The molecule has 1 amide bonds. The lowest BCUT2D eigenvalue weighted by Gasteiger charge is -2.33. The molecule has 2 aromatic carbocycles. The van der Waals surface area contributed by atoms with Gasteiger partial charge in [-0.15, -0.1) is 0 Å². The minimum Gasteiger partial charge on any atom is -0.460 e. The van der Waals surface area contributed by atoms with Crippen molar-refractivity contribution in [3.8, 4) is 11.1 Å². The summed E-state index contributed by atoms with van der Waals surface area (Å²) < 4.78 is 48.4. The van der Waals surface area contributed by atoms with Gasteiger partial charge in [0.1, 0.15) is 12.2 Å². The molecule has 2 N–H and O–H groups in total. The van der Waals surface area contributed by atoms with E-state index in [9.17, 15) is 32.7 Å². The number of alkyl halides is 3. The van der Waals surface area contributed by atoms with Crippen LogP contribution in [0, 0.1) is 11.8 Å². The van der Waals surface area contributed by atoms with Gasteiger partial charge in [-0.2, -0.15) is 13.2 Å². The first-order valence-corrected chi connectivity index (χ1v) is 14.7. The van der Waals surface area contributed by atoms with Crippen LogP contribution in [0.25, 0.3) is 11.1 Å². The van der Waals surface area contributed by atoms with Crippen LogP contribution < -0.4 is 0 Å². The third-order valence-electron chi connectivity index (χ3n) is 7.84. The maximum absolute atomic E-state index is 12.9. The number of likely N-dealkylation sites (tertiary alicyclic amines) is 1. The zero-order chi connectivity index (χ0) is 31.3. The van der Waals surface area contributed by atoms with Crippen molar-refractivity contribution >= 4 is 41.0 Å². The van der Waals surface area contributed by atoms with Crippen molar-refractivity contribution in [2.24, 2.45) is 11.8 Å². The first-order valence-electron chi connectivity index (χ1n) is 14.0. The second-order valence-electron chi connectivity index (χ2n) is 10.8. The zero-order valence-corrected chi connectivity index (χ0v) is 24.6. The molecule has 43 heavy (non-hydrogen) atoms. The number of nitrogens with zero attached hydrogens (tertiary/aromatic N) is 1. The Morgan fingerprint density at radius 3 is 1.98 bits per heavy atom. The number of amides is 1. The second kappa shape index (κ2) is 14.3. The Hall–Kier alpha value is -2.86. The lowest BCUT2D eigenvalue weighted by atomic mass is 9.94. The summed E-state index contributed by atoms with van der Waals surface area (Å²) in [6.07, 6.45) is -3.30. The summed E-state index contributed by atoms with van der Waals surface area (Å²) in [5.74, 6) is -2.67. The first kappa shape index (κ1) is 33.0. The van der Waals surface area contributed by atoms with Gasteiger partial charge in [0.15, 0.2) is 0 Å². The number of carbonyl (C=O) groups excluding carboxylic acids is 3. The van der Waals surface area contributed by atoms with E-state index in [0.29, 0.717) is 46.9 Å². The number of hydrogen-bond acceptors (Lipinski definition) is 7. The topological polar surface area (TPSA) is 113 Å². The molecule has 3 aliphatic rings. The van der Waals surface area contributed by atoms with Crippen LogP contribution in [-0.2, 0) is 25.5 Å². The molecule has 3 atom stereocenters. The predicted octanol–water partition coefficient (Wildman–Crippen LogP) is 5.23. The number of ether oxygens (including phenoxy) is 2. The standard InChI is InChI=1S/C25H24Cl2F3NO4.C5H8O3/c26-21-11-16(12-22(27)20(21)10-17-9-19(13-32)35-24(17)34)14-1-3-15(4-2-14)23(33)31-7-5-18(6-8-31)25(28,29)30;6-3-4-1-2-5(7)8-4/h1-4,11-12,17-19,32H,5-10,13H2;4,6H,1-3H2/t17-,19-;4-/m00/s1. The van der Waals surface area contributed by atoms with E-state index in [1.807, 2.05) is 0 Å². The Morgan fingerprint density at radius 2 is 1.51 bits per heavy atom. The molecule has 0 unspecified atom stereocenters. The number of piperidine rings is 1. The molecule has 234 valence electrons. The van der Waals surface area contributed by atoms with Crippen molar-refractivity contribution in [1.29, 1.82) is 0 Å². The summed E-state index contributed by atoms with van der Waals surface area (Å²) >= 11 is 13.0. The summed E-state index contributed by atoms with van der Waals surface area (Å²) in [5, 5.41) is 18.4. The molecule has 8 nitrogen and oxygen atoms in total. The Kier molecular flexibility index (Phi) is 11.0. The lowest BCUT2D eigenvalue weighted by molar-refractivity contribution is -0.183. The average Bonchev–Trinajstić information content (AvgIpc) is 3.58. The van der Waals surface area contributed by atoms with E-state index in [4.69, 9.17) is 33.0 Å². The number of carbonyl (C=O) groups is 3. The van der Waals surface area contributed by atoms with Crippen LogP contribution in [0.5, 0.6) is 0 Å². The molecule has 2 aromatic rings. The first-order chi connectivity index (χ1) is 20.4. The molecule has 3 heterocycles. The molecule has 0 radical (unpaired) electrons. The van der Waals surface area contributed by atoms with E-state index < -0.39 is 24.1 Å². The van der Waals surface area contributed by atoms with Crippen LogP contribution in [-0.4, -0.2) is 77.6 Å². The predicted molar refractivity (Wildman–Crippen MR) is 152 cm³/mol. The van der Waals surface area contributed by atoms with Crippen LogP contribution in [0.3, 0.4) is 0 Å². The third kappa shape index (κ3) is 8.41. The number of rotatable bonds is 6. The SMILES string of the molecule is O=C1CC[C@@H](CO)O1.O=C1O[C@H](CO)C[C@H]1Cc1c(Cl)cc(-c2ccc(C(=O)N3CCC(C(F)(F)F)CC3)cc2)cc1Cl. The fourth-order valence-electron chi connectivity index (χ4n) is 5.32. The number of cyclic esters (lactones) is 2. The van der Waals surface area contributed by atoms with Crippen LogP contribution >= 0.6 is 23.2 Å². The zero-order valence-electron chi connectivity index (χ0n) is 23.1. The van der Waals surface area contributed by atoms with E-state index in [0.717, 1.165) is 11.1 Å². The number of aliphatic hydroxyl groups is 2. The Morgan fingerprint density at radius 1 is 0.907 bits per heavy atom. The normalized spacial score (nSPS) is 22.6. The highest BCUT2D eigenvalue weighted by Crippen LogP contribution is 2.37. The van der Waals surface area contributed by atoms with Crippen molar-refractivity contribution < 1.29 is 47.2 Å². The molecule has 0 saturated carbocycles. The van der Waals surface area contributed by atoms with E-state index in [2.05, 4.69) is 4.74 Å².